The third-order valence-electron chi connectivity index (χ3n) is 3.52. The highest BCUT2D eigenvalue weighted by molar-refractivity contribution is 7.84. The standard InChI is InChI=1S/C16H23F2NO3S/c1-16(2,3)23(20)19-14(6-7-15-21-8-9-22-15)12-10-11(17)4-5-13(12)18/h4-5,10,14-15,19H,6-9H2,1-3H3/t14-,23-/m0/s1. The molecule has 0 unspecified atom stereocenters. The van der Waals surface area contributed by atoms with Gasteiger partial charge in [0.15, 0.2) is 6.29 Å². The minimum Gasteiger partial charge on any atom is -0.350 e. The van der Waals surface area contributed by atoms with Gasteiger partial charge < -0.3 is 9.47 Å². The van der Waals surface area contributed by atoms with Crippen molar-refractivity contribution in [1.82, 2.24) is 4.72 Å². The highest BCUT2D eigenvalue weighted by Crippen LogP contribution is 2.26. The summed E-state index contributed by atoms with van der Waals surface area (Å²) in [6.07, 6.45) is 0.584. The molecule has 1 fully saturated rings. The van der Waals surface area contributed by atoms with Crippen molar-refractivity contribution in [2.24, 2.45) is 0 Å². The van der Waals surface area contributed by atoms with Crippen LogP contribution in [-0.4, -0.2) is 28.5 Å². The number of rotatable bonds is 6. The van der Waals surface area contributed by atoms with Crippen LogP contribution in [-0.2, 0) is 20.5 Å². The van der Waals surface area contributed by atoms with Gasteiger partial charge in [0.25, 0.3) is 0 Å². The number of hydrogen-bond acceptors (Lipinski definition) is 3. The van der Waals surface area contributed by atoms with Gasteiger partial charge in [-0.3, -0.25) is 0 Å². The van der Waals surface area contributed by atoms with Gasteiger partial charge in [-0.1, -0.05) is 0 Å². The molecule has 1 saturated heterocycles. The van der Waals surface area contributed by atoms with Crippen LogP contribution in [0.15, 0.2) is 18.2 Å². The monoisotopic (exact) mass is 347 g/mol. The molecule has 7 heteroatoms. The Morgan fingerprint density at radius 3 is 2.57 bits per heavy atom. The van der Waals surface area contributed by atoms with Crippen LogP contribution < -0.4 is 4.72 Å². The van der Waals surface area contributed by atoms with Crippen LogP contribution in [0, 0.1) is 11.6 Å². The zero-order valence-corrected chi connectivity index (χ0v) is 14.4. The Hall–Kier alpha value is -0.890. The molecule has 1 N–H and O–H groups in total. The normalized spacial score (nSPS) is 19.0. The van der Waals surface area contributed by atoms with Crippen LogP contribution in [0.1, 0.15) is 45.2 Å². The van der Waals surface area contributed by atoms with Gasteiger partial charge in [-0.25, -0.2) is 17.7 Å². The number of hydrogen-bond donors (Lipinski definition) is 1. The lowest BCUT2D eigenvalue weighted by Crippen LogP contribution is -2.36. The molecule has 2 rings (SSSR count). The Kier molecular flexibility index (Phi) is 6.25. The van der Waals surface area contributed by atoms with E-state index < -0.39 is 33.4 Å². The second-order valence-electron chi connectivity index (χ2n) is 6.47. The molecule has 0 aromatic heterocycles. The number of halogens is 2. The first kappa shape index (κ1) is 18.4. The summed E-state index contributed by atoms with van der Waals surface area (Å²) in [5.41, 5.74) is 0.167. The van der Waals surface area contributed by atoms with Gasteiger partial charge in [-0.05, 0) is 45.4 Å². The zero-order valence-electron chi connectivity index (χ0n) is 13.6. The van der Waals surface area contributed by atoms with E-state index in [2.05, 4.69) is 4.72 Å². The molecule has 0 spiro atoms. The summed E-state index contributed by atoms with van der Waals surface area (Å²) in [6.45, 7) is 6.52. The van der Waals surface area contributed by atoms with E-state index in [0.717, 1.165) is 18.2 Å². The SMILES string of the molecule is CC(C)(C)[S@](=O)N[C@@H](CCC1OCCO1)c1cc(F)ccc1F. The van der Waals surface area contributed by atoms with Gasteiger partial charge in [0, 0.05) is 18.0 Å². The molecule has 0 amide bonds. The van der Waals surface area contributed by atoms with E-state index in [0.29, 0.717) is 26.1 Å². The van der Waals surface area contributed by atoms with Gasteiger partial charge in [0.2, 0.25) is 0 Å². The van der Waals surface area contributed by atoms with Crippen molar-refractivity contribution in [3.63, 3.8) is 0 Å². The molecule has 1 aromatic rings. The topological polar surface area (TPSA) is 47.6 Å². The van der Waals surface area contributed by atoms with Crippen LogP contribution >= 0.6 is 0 Å². The molecule has 2 atom stereocenters. The molecule has 1 aromatic carbocycles. The van der Waals surface area contributed by atoms with Crippen LogP contribution in [0.5, 0.6) is 0 Å². The molecule has 1 aliphatic heterocycles. The van der Waals surface area contributed by atoms with Crippen molar-refractivity contribution in [2.75, 3.05) is 13.2 Å². The molecule has 1 aliphatic rings. The average molecular weight is 347 g/mol. The summed E-state index contributed by atoms with van der Waals surface area (Å²) in [4.78, 5) is 0. The Labute approximate surface area is 138 Å². The Balaban J connectivity index is 2.15. The summed E-state index contributed by atoms with van der Waals surface area (Å²) in [6, 6.07) is 2.71. The van der Waals surface area contributed by atoms with Gasteiger partial charge >= 0.3 is 0 Å². The van der Waals surface area contributed by atoms with Crippen molar-refractivity contribution in [3.8, 4) is 0 Å². The molecule has 1 heterocycles. The lowest BCUT2D eigenvalue weighted by atomic mass is 10.0. The van der Waals surface area contributed by atoms with Crippen molar-refractivity contribution < 1.29 is 22.5 Å². The first-order valence-corrected chi connectivity index (χ1v) is 8.78. The van der Waals surface area contributed by atoms with Crippen LogP contribution in [0.4, 0.5) is 8.78 Å². The average Bonchev–Trinajstić information content (AvgIpc) is 2.98. The van der Waals surface area contributed by atoms with Gasteiger partial charge in [-0.15, -0.1) is 0 Å². The van der Waals surface area contributed by atoms with Crippen molar-refractivity contribution in [2.45, 2.75) is 50.7 Å². The molecule has 130 valence electrons. The van der Waals surface area contributed by atoms with Gasteiger partial charge in [0.1, 0.15) is 11.6 Å². The maximum Gasteiger partial charge on any atom is 0.157 e. The second-order valence-corrected chi connectivity index (χ2v) is 8.46. The quantitative estimate of drug-likeness (QED) is 0.860. The molecule has 0 bridgehead atoms. The van der Waals surface area contributed by atoms with E-state index in [-0.39, 0.29) is 11.9 Å². The first-order valence-electron chi connectivity index (χ1n) is 7.63. The van der Waals surface area contributed by atoms with E-state index in [1.54, 1.807) is 0 Å². The summed E-state index contributed by atoms with van der Waals surface area (Å²) in [5.74, 6) is -1.05. The summed E-state index contributed by atoms with van der Waals surface area (Å²) in [7, 11) is -1.41. The van der Waals surface area contributed by atoms with E-state index in [9.17, 15) is 13.0 Å². The smallest absolute Gasteiger partial charge is 0.157 e. The largest absolute Gasteiger partial charge is 0.350 e. The maximum atomic E-state index is 14.1. The molecule has 0 aliphatic carbocycles. The maximum absolute atomic E-state index is 14.1. The molecule has 0 radical (unpaired) electrons. The molecule has 0 saturated carbocycles. The number of ether oxygens (including phenoxy) is 2. The third kappa shape index (κ3) is 5.31. The molecular formula is C16H23F2NO3S. The van der Waals surface area contributed by atoms with Crippen molar-refractivity contribution >= 4 is 11.0 Å². The van der Waals surface area contributed by atoms with E-state index in [1.165, 1.54) is 0 Å². The second kappa shape index (κ2) is 7.79. The molecule has 4 nitrogen and oxygen atoms in total. The minimum absolute atomic E-state index is 0.167. The van der Waals surface area contributed by atoms with Crippen LogP contribution in [0.2, 0.25) is 0 Å². The minimum atomic E-state index is -1.41. The predicted molar refractivity (Wildman–Crippen MR) is 85.1 cm³/mol. The highest BCUT2D eigenvalue weighted by Gasteiger charge is 2.27. The lowest BCUT2D eigenvalue weighted by Gasteiger charge is -2.25. The fourth-order valence-corrected chi connectivity index (χ4v) is 3.10. The van der Waals surface area contributed by atoms with E-state index >= 15 is 0 Å². The zero-order chi connectivity index (χ0) is 17.0. The van der Waals surface area contributed by atoms with Crippen LogP contribution in [0.3, 0.4) is 0 Å². The number of nitrogens with one attached hydrogen (secondary N) is 1. The summed E-state index contributed by atoms with van der Waals surface area (Å²) in [5, 5.41) is 0. The fraction of sp³-hybridized carbons (Fsp3) is 0.625. The molecule has 23 heavy (non-hydrogen) atoms. The third-order valence-corrected chi connectivity index (χ3v) is 5.13. The van der Waals surface area contributed by atoms with Gasteiger partial charge in [0.05, 0.1) is 28.9 Å². The highest BCUT2D eigenvalue weighted by atomic mass is 32.2. The van der Waals surface area contributed by atoms with E-state index in [4.69, 9.17) is 9.47 Å². The molecular weight excluding hydrogens is 324 g/mol. The van der Waals surface area contributed by atoms with E-state index in [1.807, 2.05) is 20.8 Å². The van der Waals surface area contributed by atoms with Gasteiger partial charge in [-0.2, -0.15) is 0 Å². The Bertz CT molecular complexity index is 557. The Morgan fingerprint density at radius 1 is 1.30 bits per heavy atom. The van der Waals surface area contributed by atoms with Crippen molar-refractivity contribution in [1.29, 1.82) is 0 Å². The summed E-state index contributed by atoms with van der Waals surface area (Å²) >= 11 is 0. The number of benzene rings is 1. The predicted octanol–water partition coefficient (Wildman–Crippen LogP) is 3.21. The first-order chi connectivity index (χ1) is 10.8. The lowest BCUT2D eigenvalue weighted by molar-refractivity contribution is -0.0489. The Morgan fingerprint density at radius 2 is 1.96 bits per heavy atom. The summed E-state index contributed by atoms with van der Waals surface area (Å²) < 4.78 is 53.1. The van der Waals surface area contributed by atoms with Crippen LogP contribution in [0.25, 0.3) is 0 Å². The fourth-order valence-electron chi connectivity index (χ4n) is 2.24. The van der Waals surface area contributed by atoms with Crippen molar-refractivity contribution in [3.05, 3.63) is 35.4 Å².